The number of hydrogen-bond donors (Lipinski definition) is 2. The van der Waals surface area contributed by atoms with Crippen molar-refractivity contribution in [3.05, 3.63) is 63.4 Å². The van der Waals surface area contributed by atoms with Gasteiger partial charge in [-0.15, -0.1) is 0 Å². The van der Waals surface area contributed by atoms with Crippen LogP contribution >= 0.6 is 15.9 Å². The van der Waals surface area contributed by atoms with E-state index in [9.17, 15) is 13.2 Å². The Kier molecular flexibility index (Phi) is 4.90. The van der Waals surface area contributed by atoms with Gasteiger partial charge in [0, 0.05) is 28.3 Å². The van der Waals surface area contributed by atoms with E-state index in [1.807, 2.05) is 25.1 Å². The minimum atomic E-state index is -1.22. The Morgan fingerprint density at radius 3 is 2.43 bits per heavy atom. The first-order chi connectivity index (χ1) is 9.92. The topological polar surface area (TPSA) is 38.0 Å². The van der Waals surface area contributed by atoms with E-state index in [2.05, 4.69) is 21.2 Å². The van der Waals surface area contributed by atoms with E-state index >= 15 is 0 Å². The van der Waals surface area contributed by atoms with Crippen molar-refractivity contribution in [2.24, 2.45) is 5.73 Å². The SMILES string of the molecule is Cc1ccc(Br)c(NC(CN)c2cc(F)c(F)cc2F)c1. The Labute approximate surface area is 129 Å². The van der Waals surface area contributed by atoms with Crippen LogP contribution in [0.15, 0.2) is 34.8 Å². The molecule has 0 amide bonds. The van der Waals surface area contributed by atoms with Gasteiger partial charge in [0.15, 0.2) is 11.6 Å². The summed E-state index contributed by atoms with van der Waals surface area (Å²) in [5.74, 6) is -3.15. The summed E-state index contributed by atoms with van der Waals surface area (Å²) in [5.41, 5.74) is 7.33. The summed E-state index contributed by atoms with van der Waals surface area (Å²) in [6.07, 6.45) is 0. The quantitative estimate of drug-likeness (QED) is 0.800. The van der Waals surface area contributed by atoms with Gasteiger partial charge in [0.2, 0.25) is 0 Å². The van der Waals surface area contributed by atoms with Crippen LogP contribution in [0, 0.1) is 24.4 Å². The van der Waals surface area contributed by atoms with E-state index in [4.69, 9.17) is 5.73 Å². The van der Waals surface area contributed by atoms with E-state index in [1.54, 1.807) is 0 Å². The number of benzene rings is 2. The molecule has 1 unspecified atom stereocenters. The Balaban J connectivity index is 2.36. The molecule has 0 spiro atoms. The van der Waals surface area contributed by atoms with Crippen LogP contribution in [-0.2, 0) is 0 Å². The molecule has 0 saturated heterocycles. The molecule has 2 aromatic carbocycles. The van der Waals surface area contributed by atoms with Crippen molar-refractivity contribution in [1.29, 1.82) is 0 Å². The lowest BCUT2D eigenvalue weighted by Gasteiger charge is -2.20. The second-order valence-electron chi connectivity index (χ2n) is 4.70. The molecule has 3 N–H and O–H groups in total. The maximum atomic E-state index is 13.8. The molecule has 21 heavy (non-hydrogen) atoms. The predicted octanol–water partition coefficient (Wildman–Crippen LogP) is 4.29. The van der Waals surface area contributed by atoms with Gasteiger partial charge in [-0.25, -0.2) is 13.2 Å². The minimum absolute atomic E-state index is 0.00944. The molecule has 0 saturated carbocycles. The highest BCUT2D eigenvalue weighted by molar-refractivity contribution is 9.10. The number of anilines is 1. The first kappa shape index (κ1) is 15.9. The first-order valence-corrected chi connectivity index (χ1v) is 7.09. The molecular formula is C15H14BrF3N2. The summed E-state index contributed by atoms with van der Waals surface area (Å²) in [5, 5.41) is 3.04. The van der Waals surface area contributed by atoms with Crippen LogP contribution in [0.4, 0.5) is 18.9 Å². The van der Waals surface area contributed by atoms with Gasteiger partial charge >= 0.3 is 0 Å². The molecule has 0 radical (unpaired) electrons. The van der Waals surface area contributed by atoms with Crippen LogP contribution in [0.2, 0.25) is 0 Å². The van der Waals surface area contributed by atoms with Crippen LogP contribution in [0.25, 0.3) is 0 Å². The zero-order valence-corrected chi connectivity index (χ0v) is 12.8. The second kappa shape index (κ2) is 6.49. The van der Waals surface area contributed by atoms with E-state index in [0.717, 1.165) is 16.1 Å². The third-order valence-electron chi connectivity index (χ3n) is 3.10. The molecule has 1 atom stereocenters. The molecule has 2 aromatic rings. The molecule has 2 rings (SSSR count). The Morgan fingerprint density at radius 2 is 1.76 bits per heavy atom. The number of hydrogen-bond acceptors (Lipinski definition) is 2. The van der Waals surface area contributed by atoms with Crippen LogP contribution in [0.3, 0.4) is 0 Å². The van der Waals surface area contributed by atoms with Gasteiger partial charge in [-0.1, -0.05) is 6.07 Å². The fourth-order valence-corrected chi connectivity index (χ4v) is 2.37. The minimum Gasteiger partial charge on any atom is -0.376 e. The molecule has 6 heteroatoms. The van der Waals surface area contributed by atoms with Gasteiger partial charge in [-0.3, -0.25) is 0 Å². The molecule has 2 nitrogen and oxygen atoms in total. The van der Waals surface area contributed by atoms with Gasteiger partial charge in [-0.2, -0.15) is 0 Å². The monoisotopic (exact) mass is 358 g/mol. The van der Waals surface area contributed by atoms with E-state index in [0.29, 0.717) is 11.8 Å². The van der Waals surface area contributed by atoms with Crippen molar-refractivity contribution in [3.8, 4) is 0 Å². The highest BCUT2D eigenvalue weighted by atomic mass is 79.9. The zero-order chi connectivity index (χ0) is 15.6. The standard InChI is InChI=1S/C15H14BrF3N2/c1-8-2-3-10(16)14(4-8)21-15(7-20)9-5-12(18)13(19)6-11(9)17/h2-6,15,21H,7,20H2,1H3. The maximum Gasteiger partial charge on any atom is 0.161 e. The normalized spacial score (nSPS) is 12.3. The lowest BCUT2D eigenvalue weighted by atomic mass is 10.0. The van der Waals surface area contributed by atoms with Crippen LogP contribution < -0.4 is 11.1 Å². The van der Waals surface area contributed by atoms with Crippen LogP contribution in [0.1, 0.15) is 17.2 Å². The molecule has 0 aliphatic rings. The fraction of sp³-hybridized carbons (Fsp3) is 0.200. The molecule has 0 aliphatic heterocycles. The summed E-state index contributed by atoms with van der Waals surface area (Å²) >= 11 is 3.37. The lowest BCUT2D eigenvalue weighted by molar-refractivity contribution is 0.486. The lowest BCUT2D eigenvalue weighted by Crippen LogP contribution is -2.22. The molecule has 0 bridgehead atoms. The van der Waals surface area contributed by atoms with Gasteiger partial charge < -0.3 is 11.1 Å². The Morgan fingerprint density at radius 1 is 1.10 bits per heavy atom. The van der Waals surface area contributed by atoms with Crippen molar-refractivity contribution in [2.45, 2.75) is 13.0 Å². The average Bonchev–Trinajstić information content (AvgIpc) is 2.44. The third kappa shape index (κ3) is 3.57. The van der Waals surface area contributed by atoms with Gasteiger partial charge in [0.05, 0.1) is 6.04 Å². The van der Waals surface area contributed by atoms with E-state index in [-0.39, 0.29) is 12.1 Å². The summed E-state index contributed by atoms with van der Waals surface area (Å²) in [7, 11) is 0. The number of nitrogens with one attached hydrogen (secondary N) is 1. The zero-order valence-electron chi connectivity index (χ0n) is 11.3. The molecule has 0 heterocycles. The number of aryl methyl sites for hydroxylation is 1. The molecular weight excluding hydrogens is 345 g/mol. The fourth-order valence-electron chi connectivity index (χ4n) is 2.01. The summed E-state index contributed by atoms with van der Waals surface area (Å²) in [4.78, 5) is 0. The Bertz CT molecular complexity index is 662. The third-order valence-corrected chi connectivity index (χ3v) is 3.79. The molecule has 112 valence electrons. The highest BCUT2D eigenvalue weighted by Crippen LogP contribution is 2.29. The van der Waals surface area contributed by atoms with Crippen molar-refractivity contribution in [3.63, 3.8) is 0 Å². The largest absolute Gasteiger partial charge is 0.376 e. The van der Waals surface area contributed by atoms with E-state index < -0.39 is 23.5 Å². The van der Waals surface area contributed by atoms with Gasteiger partial charge in [0.1, 0.15) is 5.82 Å². The second-order valence-corrected chi connectivity index (χ2v) is 5.56. The van der Waals surface area contributed by atoms with Crippen molar-refractivity contribution in [1.82, 2.24) is 0 Å². The van der Waals surface area contributed by atoms with Gasteiger partial charge in [-0.05, 0) is 46.6 Å². The highest BCUT2D eigenvalue weighted by Gasteiger charge is 2.18. The van der Waals surface area contributed by atoms with E-state index in [1.165, 1.54) is 0 Å². The summed E-state index contributed by atoms with van der Waals surface area (Å²) < 4.78 is 40.9. The number of halogens is 4. The average molecular weight is 359 g/mol. The van der Waals surface area contributed by atoms with Crippen molar-refractivity contribution in [2.75, 3.05) is 11.9 Å². The molecule has 0 fully saturated rings. The first-order valence-electron chi connectivity index (χ1n) is 6.29. The number of rotatable bonds is 4. The maximum absolute atomic E-state index is 13.8. The van der Waals surface area contributed by atoms with Crippen molar-refractivity contribution >= 4 is 21.6 Å². The van der Waals surface area contributed by atoms with Gasteiger partial charge in [0.25, 0.3) is 0 Å². The number of nitrogens with two attached hydrogens (primary N) is 1. The van der Waals surface area contributed by atoms with Crippen LogP contribution in [-0.4, -0.2) is 6.54 Å². The molecule has 0 aliphatic carbocycles. The van der Waals surface area contributed by atoms with Crippen LogP contribution in [0.5, 0.6) is 0 Å². The summed E-state index contributed by atoms with van der Waals surface area (Å²) in [6.45, 7) is 1.94. The van der Waals surface area contributed by atoms with Crippen molar-refractivity contribution < 1.29 is 13.2 Å². The molecule has 0 aromatic heterocycles. The Hall–Kier alpha value is -1.53. The summed E-state index contributed by atoms with van der Waals surface area (Å²) in [6, 6.07) is 6.29. The predicted molar refractivity (Wildman–Crippen MR) is 80.6 cm³/mol. The smallest absolute Gasteiger partial charge is 0.161 e.